The lowest BCUT2D eigenvalue weighted by Crippen LogP contribution is -2.51. The number of hydrogen-bond acceptors (Lipinski definition) is 2. The van der Waals surface area contributed by atoms with Crippen molar-refractivity contribution in [1.82, 2.24) is 5.32 Å². The van der Waals surface area contributed by atoms with Gasteiger partial charge < -0.3 is 5.32 Å². The van der Waals surface area contributed by atoms with Crippen molar-refractivity contribution < 1.29 is 4.79 Å². The van der Waals surface area contributed by atoms with Crippen molar-refractivity contribution in [3.63, 3.8) is 0 Å². The lowest BCUT2D eigenvalue weighted by atomic mass is 10.0. The van der Waals surface area contributed by atoms with Crippen molar-refractivity contribution in [2.75, 3.05) is 10.7 Å². The van der Waals surface area contributed by atoms with Gasteiger partial charge >= 0.3 is 0 Å². The zero-order valence-electron chi connectivity index (χ0n) is 8.43. The zero-order chi connectivity index (χ0) is 11.3. The molecule has 84 valence electrons. The fourth-order valence-electron chi connectivity index (χ4n) is 1.09. The molecule has 0 aliphatic rings. The van der Waals surface area contributed by atoms with Crippen LogP contribution in [0.15, 0.2) is 16.8 Å². The van der Waals surface area contributed by atoms with Crippen LogP contribution >= 0.6 is 43.2 Å². The zero-order valence-corrected chi connectivity index (χ0v) is 12.4. The van der Waals surface area contributed by atoms with Crippen molar-refractivity contribution in [3.8, 4) is 0 Å². The minimum atomic E-state index is -0.195. The monoisotopic (exact) mass is 353 g/mol. The van der Waals surface area contributed by atoms with E-state index in [1.54, 1.807) is 0 Å². The van der Waals surface area contributed by atoms with Crippen LogP contribution < -0.4 is 5.32 Å². The van der Waals surface area contributed by atoms with Gasteiger partial charge in [0.25, 0.3) is 5.91 Å². The third kappa shape index (κ3) is 3.29. The van der Waals surface area contributed by atoms with E-state index in [9.17, 15) is 4.79 Å². The molecule has 0 saturated heterocycles. The summed E-state index contributed by atoms with van der Waals surface area (Å²) in [7, 11) is 0. The van der Waals surface area contributed by atoms with Crippen molar-refractivity contribution in [3.05, 3.63) is 22.4 Å². The molecule has 1 heterocycles. The lowest BCUT2D eigenvalue weighted by Gasteiger charge is -2.29. The Kier molecular flexibility index (Phi) is 5.29. The van der Waals surface area contributed by atoms with Crippen LogP contribution in [0.2, 0.25) is 0 Å². The average molecular weight is 355 g/mol. The molecule has 0 aromatic carbocycles. The van der Waals surface area contributed by atoms with Gasteiger partial charge in [0.1, 0.15) is 0 Å². The maximum Gasteiger partial charge on any atom is 0.252 e. The second-order valence-electron chi connectivity index (χ2n) is 3.37. The van der Waals surface area contributed by atoms with E-state index in [2.05, 4.69) is 44.1 Å². The Morgan fingerprint density at radius 2 is 2.20 bits per heavy atom. The van der Waals surface area contributed by atoms with Gasteiger partial charge in [-0.25, -0.2) is 0 Å². The normalized spacial score (nSPS) is 11.4. The van der Waals surface area contributed by atoms with E-state index in [-0.39, 0.29) is 11.4 Å². The van der Waals surface area contributed by atoms with E-state index in [0.717, 1.165) is 22.6 Å². The minimum absolute atomic E-state index is 0.00278. The van der Waals surface area contributed by atoms with Crippen molar-refractivity contribution in [1.29, 1.82) is 0 Å². The highest BCUT2D eigenvalue weighted by Crippen LogP contribution is 2.18. The summed E-state index contributed by atoms with van der Waals surface area (Å²) in [6.07, 6.45) is 0.888. The van der Waals surface area contributed by atoms with Gasteiger partial charge in [0.15, 0.2) is 0 Å². The molecule has 0 bridgehead atoms. The standard InChI is InChI=1S/C10H13Br2NOS/c1-2-10(6-11,7-12)13-9(14)8-3-4-15-5-8/h3-5H,2,6-7H2,1H3,(H,13,14). The van der Waals surface area contributed by atoms with Crippen LogP contribution in [-0.4, -0.2) is 22.1 Å². The molecule has 0 unspecified atom stereocenters. The second-order valence-corrected chi connectivity index (χ2v) is 5.27. The van der Waals surface area contributed by atoms with Gasteiger partial charge in [-0.05, 0) is 17.9 Å². The molecule has 5 heteroatoms. The summed E-state index contributed by atoms with van der Waals surface area (Å²) in [6, 6.07) is 1.84. The summed E-state index contributed by atoms with van der Waals surface area (Å²) < 4.78 is 0. The van der Waals surface area contributed by atoms with E-state index in [1.807, 2.05) is 16.8 Å². The van der Waals surface area contributed by atoms with Crippen molar-refractivity contribution in [2.24, 2.45) is 0 Å². The van der Waals surface area contributed by atoms with Crippen LogP contribution in [0.5, 0.6) is 0 Å². The van der Waals surface area contributed by atoms with Crippen molar-refractivity contribution in [2.45, 2.75) is 18.9 Å². The van der Waals surface area contributed by atoms with E-state index in [1.165, 1.54) is 11.3 Å². The molecule has 0 spiro atoms. The molecule has 2 nitrogen and oxygen atoms in total. The highest BCUT2D eigenvalue weighted by atomic mass is 79.9. The molecule has 1 N–H and O–H groups in total. The van der Waals surface area contributed by atoms with Gasteiger partial charge in [0.2, 0.25) is 0 Å². The number of halogens is 2. The average Bonchev–Trinajstić information content (AvgIpc) is 2.79. The fraction of sp³-hybridized carbons (Fsp3) is 0.500. The Bertz CT molecular complexity index is 301. The molecule has 0 atom stereocenters. The van der Waals surface area contributed by atoms with Crippen LogP contribution in [0.4, 0.5) is 0 Å². The summed E-state index contributed by atoms with van der Waals surface area (Å²) in [5.41, 5.74) is 0.540. The first-order valence-corrected chi connectivity index (χ1v) is 7.82. The molecule has 0 aliphatic carbocycles. The fourth-order valence-corrected chi connectivity index (χ4v) is 3.72. The van der Waals surface area contributed by atoms with Crippen LogP contribution in [0.1, 0.15) is 23.7 Å². The molecule has 0 fully saturated rings. The summed E-state index contributed by atoms with van der Waals surface area (Å²) in [5.74, 6) is -0.00278. The number of thiophene rings is 1. The Morgan fingerprint density at radius 3 is 2.60 bits per heavy atom. The van der Waals surface area contributed by atoms with Gasteiger partial charge in [-0.3, -0.25) is 4.79 Å². The molecule has 1 rings (SSSR count). The Balaban J connectivity index is 2.71. The van der Waals surface area contributed by atoms with E-state index >= 15 is 0 Å². The summed E-state index contributed by atoms with van der Waals surface area (Å²) in [6.45, 7) is 2.07. The number of hydrogen-bond donors (Lipinski definition) is 1. The summed E-state index contributed by atoms with van der Waals surface area (Å²) in [5, 5.41) is 8.32. The molecular formula is C10H13Br2NOS. The molecular weight excluding hydrogens is 342 g/mol. The van der Waals surface area contributed by atoms with Gasteiger partial charge in [0, 0.05) is 16.0 Å². The van der Waals surface area contributed by atoms with E-state index < -0.39 is 0 Å². The Morgan fingerprint density at radius 1 is 1.53 bits per heavy atom. The van der Waals surface area contributed by atoms with E-state index in [4.69, 9.17) is 0 Å². The number of carbonyl (C=O) groups excluding carboxylic acids is 1. The van der Waals surface area contributed by atoms with Gasteiger partial charge in [0.05, 0.1) is 11.1 Å². The highest BCUT2D eigenvalue weighted by molar-refractivity contribution is 9.09. The number of amides is 1. The molecule has 1 aromatic rings. The Hall–Kier alpha value is 0.130. The minimum Gasteiger partial charge on any atom is -0.345 e. The first-order valence-electron chi connectivity index (χ1n) is 4.64. The van der Waals surface area contributed by atoms with Gasteiger partial charge in [-0.15, -0.1) is 0 Å². The Labute approximate surface area is 111 Å². The maximum atomic E-state index is 11.9. The molecule has 15 heavy (non-hydrogen) atoms. The third-order valence-corrected chi connectivity index (χ3v) is 5.18. The first kappa shape index (κ1) is 13.2. The van der Waals surface area contributed by atoms with Gasteiger partial charge in [-0.2, -0.15) is 11.3 Å². The quantitative estimate of drug-likeness (QED) is 0.806. The predicted octanol–water partition coefficient (Wildman–Crippen LogP) is 3.42. The summed E-state index contributed by atoms with van der Waals surface area (Å²) in [4.78, 5) is 11.9. The SMILES string of the molecule is CCC(CBr)(CBr)NC(=O)c1ccsc1. The number of alkyl halides is 2. The number of nitrogens with one attached hydrogen (secondary N) is 1. The third-order valence-electron chi connectivity index (χ3n) is 2.35. The van der Waals surface area contributed by atoms with Crippen LogP contribution in [0.25, 0.3) is 0 Å². The second kappa shape index (κ2) is 6.01. The largest absolute Gasteiger partial charge is 0.345 e. The van der Waals surface area contributed by atoms with Crippen LogP contribution in [0.3, 0.4) is 0 Å². The molecule has 0 aliphatic heterocycles. The van der Waals surface area contributed by atoms with Crippen LogP contribution in [-0.2, 0) is 0 Å². The van der Waals surface area contributed by atoms with Gasteiger partial charge in [-0.1, -0.05) is 38.8 Å². The number of carbonyl (C=O) groups is 1. The predicted molar refractivity (Wildman–Crippen MR) is 72.4 cm³/mol. The maximum absolute atomic E-state index is 11.9. The first-order chi connectivity index (χ1) is 7.17. The summed E-state index contributed by atoms with van der Waals surface area (Å²) >= 11 is 8.42. The lowest BCUT2D eigenvalue weighted by molar-refractivity contribution is 0.0916. The molecule has 0 saturated carbocycles. The topological polar surface area (TPSA) is 29.1 Å². The van der Waals surface area contributed by atoms with Crippen molar-refractivity contribution >= 4 is 49.1 Å². The number of rotatable bonds is 5. The molecule has 0 radical (unpaired) electrons. The molecule has 1 aromatic heterocycles. The molecule has 1 amide bonds. The smallest absolute Gasteiger partial charge is 0.252 e. The van der Waals surface area contributed by atoms with Crippen LogP contribution in [0, 0.1) is 0 Å². The highest BCUT2D eigenvalue weighted by Gasteiger charge is 2.27. The van der Waals surface area contributed by atoms with E-state index in [0.29, 0.717) is 0 Å².